The number of aromatic nitrogens is 3. The molecule has 1 aliphatic heterocycles. The van der Waals surface area contributed by atoms with E-state index >= 15 is 13.2 Å². The van der Waals surface area contributed by atoms with Crippen molar-refractivity contribution in [2.45, 2.75) is 12.7 Å². The minimum atomic E-state index is -3.62. The second-order valence-corrected chi connectivity index (χ2v) is 9.49. The van der Waals surface area contributed by atoms with E-state index in [4.69, 9.17) is 0 Å². The molecule has 1 amide bonds. The minimum Gasteiger partial charge on any atom is -0.376 e. The zero-order valence-corrected chi connectivity index (χ0v) is 21.7. The Labute approximate surface area is 228 Å². The maximum absolute atomic E-state index is 16.0. The largest absolute Gasteiger partial charge is 0.376 e. The lowest BCUT2D eigenvalue weighted by molar-refractivity contribution is -0.111. The molecule has 2 aromatic heterocycles. The summed E-state index contributed by atoms with van der Waals surface area (Å²) < 4.78 is 48.4. The summed E-state index contributed by atoms with van der Waals surface area (Å²) in [7, 11) is 2.01. The fraction of sp³-hybridized carbons (Fsp3) is 0.250. The van der Waals surface area contributed by atoms with Gasteiger partial charge in [0.05, 0.1) is 5.69 Å². The number of hydrogen-bond donors (Lipinski definition) is 3. The molecule has 3 N–H and O–H groups in total. The Kier molecular flexibility index (Phi) is 7.46. The molecular formula is C28H28F3N7O2. The number of alkyl halides is 2. The van der Waals surface area contributed by atoms with E-state index in [0.717, 1.165) is 25.2 Å². The van der Waals surface area contributed by atoms with Crippen molar-refractivity contribution in [1.82, 2.24) is 19.4 Å². The quantitative estimate of drug-likeness (QED) is 0.281. The molecule has 0 spiro atoms. The molecule has 0 radical (unpaired) electrons. The van der Waals surface area contributed by atoms with E-state index in [1.54, 1.807) is 12.1 Å². The second-order valence-electron chi connectivity index (χ2n) is 9.49. The summed E-state index contributed by atoms with van der Waals surface area (Å²) in [5.74, 6) is -4.82. The molecule has 0 saturated carbocycles. The Hall–Kier alpha value is -4.42. The SMILES string of the molecule is C=CC(=O)Nc1cccc(C(F)(F)c2nc(Nc3ccc(N4CCN(C)CC4)c(F)c3)nc3c2ccn3CO)c1. The van der Waals surface area contributed by atoms with Crippen LogP contribution in [0.1, 0.15) is 11.3 Å². The van der Waals surface area contributed by atoms with Crippen molar-refractivity contribution in [2.24, 2.45) is 0 Å². The molecule has 1 fully saturated rings. The molecule has 0 unspecified atom stereocenters. The predicted octanol–water partition coefficient (Wildman–Crippen LogP) is 4.28. The minimum absolute atomic E-state index is 0.0294. The standard InChI is InChI=1S/C28H28F3N7O2/c1-3-24(40)32-19-6-4-5-18(15-19)28(30,31)25-21-9-10-38(17-39)26(21)35-27(34-25)33-20-7-8-23(22(29)16-20)37-13-11-36(2)12-14-37/h3-10,15-16,39H,1,11-14,17H2,2H3,(H,32,40)(H,33,34,35). The average molecular weight is 552 g/mol. The number of halogens is 3. The fourth-order valence-electron chi connectivity index (χ4n) is 4.61. The molecule has 12 heteroatoms. The summed E-state index contributed by atoms with van der Waals surface area (Å²) in [4.78, 5) is 24.3. The number of fused-ring (bicyclic) bond motifs is 1. The molecule has 1 aliphatic rings. The van der Waals surface area contributed by atoms with E-state index in [-0.39, 0.29) is 28.4 Å². The van der Waals surface area contributed by atoms with Gasteiger partial charge >= 0.3 is 5.92 Å². The highest BCUT2D eigenvalue weighted by Crippen LogP contribution is 2.40. The van der Waals surface area contributed by atoms with Gasteiger partial charge in [0.25, 0.3) is 0 Å². The van der Waals surface area contributed by atoms with Gasteiger partial charge in [-0.05, 0) is 49.5 Å². The maximum Gasteiger partial charge on any atom is 0.315 e. The Bertz CT molecular complexity index is 1570. The molecule has 2 aromatic carbocycles. The molecule has 4 aromatic rings. The first kappa shape index (κ1) is 27.2. The Morgan fingerprint density at radius 2 is 1.88 bits per heavy atom. The summed E-state index contributed by atoms with van der Waals surface area (Å²) >= 11 is 0. The van der Waals surface area contributed by atoms with E-state index < -0.39 is 35.6 Å². The molecule has 40 heavy (non-hydrogen) atoms. The lowest BCUT2D eigenvalue weighted by Gasteiger charge is -2.34. The number of nitrogens with one attached hydrogen (secondary N) is 2. The van der Waals surface area contributed by atoms with Crippen LogP contribution in [0.3, 0.4) is 0 Å². The van der Waals surface area contributed by atoms with Gasteiger partial charge in [-0.3, -0.25) is 4.79 Å². The summed E-state index contributed by atoms with van der Waals surface area (Å²) in [5.41, 5.74) is -0.0662. The van der Waals surface area contributed by atoms with Crippen molar-refractivity contribution >= 4 is 40.0 Å². The van der Waals surface area contributed by atoms with E-state index in [2.05, 4.69) is 32.1 Å². The van der Waals surface area contributed by atoms with E-state index in [1.807, 2.05) is 11.9 Å². The van der Waals surface area contributed by atoms with Crippen LogP contribution in [0.4, 0.5) is 36.2 Å². The highest BCUT2D eigenvalue weighted by atomic mass is 19.3. The number of nitrogens with zero attached hydrogens (tertiary/aromatic N) is 5. The molecule has 0 aliphatic carbocycles. The number of aliphatic hydroxyl groups excluding tert-OH is 1. The third-order valence-electron chi connectivity index (χ3n) is 6.79. The number of rotatable bonds is 8. The Morgan fingerprint density at radius 1 is 1.10 bits per heavy atom. The van der Waals surface area contributed by atoms with Crippen molar-refractivity contribution < 1.29 is 23.1 Å². The van der Waals surface area contributed by atoms with Crippen LogP contribution >= 0.6 is 0 Å². The first-order valence-electron chi connectivity index (χ1n) is 12.6. The van der Waals surface area contributed by atoms with Gasteiger partial charge in [0.15, 0.2) is 0 Å². The van der Waals surface area contributed by atoms with Crippen molar-refractivity contribution in [3.8, 4) is 0 Å². The van der Waals surface area contributed by atoms with Gasteiger partial charge in [-0.1, -0.05) is 18.7 Å². The number of carbonyl (C=O) groups is 1. The van der Waals surface area contributed by atoms with Crippen LogP contribution in [-0.2, 0) is 17.4 Å². The Balaban J connectivity index is 1.50. The van der Waals surface area contributed by atoms with Crippen LogP contribution in [-0.4, -0.2) is 63.7 Å². The zero-order chi connectivity index (χ0) is 28.4. The van der Waals surface area contributed by atoms with Crippen molar-refractivity contribution in [3.05, 3.63) is 84.5 Å². The topological polar surface area (TPSA) is 98.6 Å². The summed E-state index contributed by atoms with van der Waals surface area (Å²) in [5, 5.41) is 15.1. The highest BCUT2D eigenvalue weighted by molar-refractivity contribution is 5.98. The maximum atomic E-state index is 16.0. The first-order chi connectivity index (χ1) is 19.2. The molecule has 1 saturated heterocycles. The van der Waals surface area contributed by atoms with E-state index in [1.165, 1.54) is 41.1 Å². The van der Waals surface area contributed by atoms with Crippen molar-refractivity contribution in [2.75, 3.05) is 48.8 Å². The number of carbonyl (C=O) groups excluding carboxylic acids is 1. The third-order valence-corrected chi connectivity index (χ3v) is 6.79. The van der Waals surface area contributed by atoms with Gasteiger partial charge in [-0.25, -0.2) is 9.37 Å². The molecular weight excluding hydrogens is 523 g/mol. The number of piperazine rings is 1. The van der Waals surface area contributed by atoms with Crippen LogP contribution in [0.2, 0.25) is 0 Å². The zero-order valence-electron chi connectivity index (χ0n) is 21.7. The van der Waals surface area contributed by atoms with Crippen LogP contribution in [0.5, 0.6) is 0 Å². The number of benzene rings is 2. The normalized spacial score (nSPS) is 14.4. The van der Waals surface area contributed by atoms with E-state index in [9.17, 15) is 9.90 Å². The lowest BCUT2D eigenvalue weighted by atomic mass is 10.0. The number of amides is 1. The van der Waals surface area contributed by atoms with Gasteiger partial charge < -0.3 is 30.1 Å². The fourth-order valence-corrected chi connectivity index (χ4v) is 4.61. The average Bonchev–Trinajstić information content (AvgIpc) is 3.36. The van der Waals surface area contributed by atoms with Crippen molar-refractivity contribution in [3.63, 3.8) is 0 Å². The van der Waals surface area contributed by atoms with Crippen molar-refractivity contribution in [1.29, 1.82) is 0 Å². The van der Waals surface area contributed by atoms with Gasteiger partial charge in [-0.2, -0.15) is 13.8 Å². The van der Waals surface area contributed by atoms with Gasteiger partial charge in [0, 0.05) is 54.7 Å². The molecule has 0 atom stereocenters. The lowest BCUT2D eigenvalue weighted by Crippen LogP contribution is -2.44. The van der Waals surface area contributed by atoms with Crippen LogP contribution in [0.25, 0.3) is 11.0 Å². The Morgan fingerprint density at radius 3 is 2.58 bits per heavy atom. The molecule has 3 heterocycles. The van der Waals surface area contributed by atoms with Crippen LogP contribution in [0.15, 0.2) is 67.4 Å². The van der Waals surface area contributed by atoms with Crippen LogP contribution in [0, 0.1) is 5.82 Å². The summed E-state index contributed by atoms with van der Waals surface area (Å²) in [6.07, 6.45) is 2.46. The summed E-state index contributed by atoms with van der Waals surface area (Å²) in [6, 6.07) is 11.2. The molecule has 5 rings (SSSR count). The highest BCUT2D eigenvalue weighted by Gasteiger charge is 2.39. The molecule has 0 bridgehead atoms. The number of hydrogen-bond acceptors (Lipinski definition) is 7. The summed E-state index contributed by atoms with van der Waals surface area (Å²) in [6.45, 7) is 5.88. The van der Waals surface area contributed by atoms with Gasteiger partial charge in [0.1, 0.15) is 23.9 Å². The predicted molar refractivity (Wildman–Crippen MR) is 147 cm³/mol. The number of anilines is 4. The number of likely N-dealkylation sites (N-methyl/N-ethyl adjacent to an activating group) is 1. The van der Waals surface area contributed by atoms with E-state index in [0.29, 0.717) is 18.8 Å². The third kappa shape index (κ3) is 5.36. The molecule has 208 valence electrons. The molecule has 9 nitrogen and oxygen atoms in total. The van der Waals surface area contributed by atoms with Gasteiger partial charge in [-0.15, -0.1) is 0 Å². The van der Waals surface area contributed by atoms with Gasteiger partial charge in [0.2, 0.25) is 11.9 Å². The first-order valence-corrected chi connectivity index (χ1v) is 12.6. The second kappa shape index (κ2) is 11.0. The smallest absolute Gasteiger partial charge is 0.315 e. The monoisotopic (exact) mass is 551 g/mol. The van der Waals surface area contributed by atoms with Crippen LogP contribution < -0.4 is 15.5 Å². The number of aliphatic hydroxyl groups is 1.